The Labute approximate surface area is 145 Å². The average molecular weight is 331 g/mol. The number of fused-ring (bicyclic) bond motifs is 1. The molecule has 0 spiro atoms. The van der Waals surface area contributed by atoms with Crippen LogP contribution in [0.15, 0.2) is 24.3 Å². The largest absolute Gasteiger partial charge is 0.311 e. The average Bonchev–Trinajstić information content (AvgIpc) is 2.53. The topological polar surface area (TPSA) is 43.9 Å². The van der Waals surface area contributed by atoms with Gasteiger partial charge in [0.1, 0.15) is 5.92 Å². The Kier molecular flexibility index (Phi) is 6.52. The molecule has 0 N–H and O–H groups in total. The summed E-state index contributed by atoms with van der Waals surface area (Å²) in [6, 6.07) is 7.50. The lowest BCUT2D eigenvalue weighted by Gasteiger charge is -2.33. The van der Waals surface area contributed by atoms with Gasteiger partial charge in [0.05, 0.1) is 5.69 Å². The Morgan fingerprint density at radius 3 is 2.25 bits per heavy atom. The van der Waals surface area contributed by atoms with E-state index in [-0.39, 0.29) is 11.7 Å². The van der Waals surface area contributed by atoms with Crippen molar-refractivity contribution >= 4 is 17.4 Å². The molecule has 5 nitrogen and oxygen atoms in total. The number of para-hydroxylation sites is 1. The maximum absolute atomic E-state index is 12.9. The van der Waals surface area contributed by atoms with E-state index >= 15 is 0 Å². The molecule has 1 unspecified atom stereocenters. The van der Waals surface area contributed by atoms with Gasteiger partial charge >= 0.3 is 0 Å². The number of ketones is 1. The molecule has 0 radical (unpaired) electrons. The molecule has 1 aromatic rings. The van der Waals surface area contributed by atoms with Crippen LogP contribution in [-0.4, -0.2) is 69.3 Å². The first-order valence-corrected chi connectivity index (χ1v) is 8.66. The second kappa shape index (κ2) is 8.40. The first-order chi connectivity index (χ1) is 11.4. The summed E-state index contributed by atoms with van der Waals surface area (Å²) >= 11 is 0. The number of amides is 1. The van der Waals surface area contributed by atoms with E-state index in [9.17, 15) is 9.59 Å². The minimum absolute atomic E-state index is 0.0155. The third kappa shape index (κ3) is 4.42. The van der Waals surface area contributed by atoms with Gasteiger partial charge in [0.2, 0.25) is 5.91 Å². The van der Waals surface area contributed by atoms with Crippen molar-refractivity contribution in [2.24, 2.45) is 5.92 Å². The van der Waals surface area contributed by atoms with Crippen LogP contribution >= 0.6 is 0 Å². The first-order valence-electron chi connectivity index (χ1n) is 8.66. The first kappa shape index (κ1) is 18.6. The van der Waals surface area contributed by atoms with E-state index in [0.717, 1.165) is 31.6 Å². The third-order valence-corrected chi connectivity index (χ3v) is 4.43. The molecule has 132 valence electrons. The molecule has 0 saturated heterocycles. The van der Waals surface area contributed by atoms with Crippen LogP contribution in [0, 0.1) is 5.92 Å². The van der Waals surface area contributed by atoms with Crippen LogP contribution in [0.25, 0.3) is 0 Å². The Morgan fingerprint density at radius 1 is 0.958 bits per heavy atom. The highest BCUT2D eigenvalue weighted by Crippen LogP contribution is 2.32. The fourth-order valence-corrected chi connectivity index (χ4v) is 3.17. The molecular weight excluding hydrogens is 302 g/mol. The number of hydrogen-bond donors (Lipinski definition) is 0. The summed E-state index contributed by atoms with van der Waals surface area (Å²) in [7, 11) is 8.07. The summed E-state index contributed by atoms with van der Waals surface area (Å²) in [6.07, 6.45) is 2.36. The van der Waals surface area contributed by atoms with Crippen molar-refractivity contribution in [3.63, 3.8) is 0 Å². The number of nitrogens with zero attached hydrogens (tertiary/aromatic N) is 3. The summed E-state index contributed by atoms with van der Waals surface area (Å²) in [6.45, 7) is 2.47. The number of carbonyl (C=O) groups is 2. The minimum Gasteiger partial charge on any atom is -0.311 e. The highest BCUT2D eigenvalue weighted by molar-refractivity contribution is 6.21. The second-order valence-corrected chi connectivity index (χ2v) is 7.03. The van der Waals surface area contributed by atoms with E-state index in [0.29, 0.717) is 18.5 Å². The molecule has 1 amide bonds. The van der Waals surface area contributed by atoms with Crippen LogP contribution in [0.1, 0.15) is 29.6 Å². The van der Waals surface area contributed by atoms with Gasteiger partial charge in [-0.15, -0.1) is 0 Å². The molecule has 1 atom stereocenters. The zero-order chi connectivity index (χ0) is 17.7. The van der Waals surface area contributed by atoms with E-state index < -0.39 is 5.92 Å². The fraction of sp³-hybridized carbons (Fsp3) is 0.579. The Balaban J connectivity index is 2.17. The molecule has 1 aliphatic heterocycles. The zero-order valence-electron chi connectivity index (χ0n) is 15.3. The molecule has 0 fully saturated rings. The molecule has 0 aliphatic carbocycles. The molecular formula is C19H29N3O2. The van der Waals surface area contributed by atoms with E-state index in [4.69, 9.17) is 0 Å². The van der Waals surface area contributed by atoms with Crippen molar-refractivity contribution in [1.82, 2.24) is 9.80 Å². The number of carbonyl (C=O) groups excluding carboxylic acids is 2. The van der Waals surface area contributed by atoms with Crippen molar-refractivity contribution < 1.29 is 9.59 Å². The van der Waals surface area contributed by atoms with Crippen LogP contribution in [0.3, 0.4) is 0 Å². The van der Waals surface area contributed by atoms with Gasteiger partial charge in [-0.25, -0.2) is 0 Å². The van der Waals surface area contributed by atoms with Gasteiger partial charge in [0.15, 0.2) is 5.78 Å². The third-order valence-electron chi connectivity index (χ3n) is 4.43. The van der Waals surface area contributed by atoms with Crippen LogP contribution < -0.4 is 4.90 Å². The van der Waals surface area contributed by atoms with Gasteiger partial charge in [-0.05, 0) is 72.7 Å². The minimum atomic E-state index is -0.529. The monoisotopic (exact) mass is 331 g/mol. The van der Waals surface area contributed by atoms with Gasteiger partial charge in [-0.2, -0.15) is 0 Å². The van der Waals surface area contributed by atoms with Crippen LogP contribution in [-0.2, 0) is 4.79 Å². The number of rotatable bonds is 8. The number of anilines is 1. The van der Waals surface area contributed by atoms with Gasteiger partial charge in [0, 0.05) is 12.1 Å². The number of hydrogen-bond acceptors (Lipinski definition) is 4. The summed E-state index contributed by atoms with van der Waals surface area (Å²) in [5.74, 6) is -0.575. The molecule has 1 heterocycles. The zero-order valence-corrected chi connectivity index (χ0v) is 15.3. The molecule has 24 heavy (non-hydrogen) atoms. The van der Waals surface area contributed by atoms with E-state index in [1.165, 1.54) is 0 Å². The normalized spacial score (nSPS) is 17.8. The smallest absolute Gasteiger partial charge is 0.237 e. The quantitative estimate of drug-likeness (QED) is 0.685. The van der Waals surface area contributed by atoms with Gasteiger partial charge in [0.25, 0.3) is 0 Å². The van der Waals surface area contributed by atoms with E-state index in [1.54, 1.807) is 0 Å². The Bertz CT molecular complexity index is 584. The number of Topliss-reactive ketones (excluding diaryl/α,β-unsaturated/α-hetero) is 1. The molecule has 0 saturated carbocycles. The van der Waals surface area contributed by atoms with Crippen LogP contribution in [0.2, 0.25) is 0 Å². The van der Waals surface area contributed by atoms with E-state index in [1.807, 2.05) is 57.4 Å². The molecule has 1 aromatic carbocycles. The van der Waals surface area contributed by atoms with Gasteiger partial charge < -0.3 is 14.7 Å². The van der Waals surface area contributed by atoms with Gasteiger partial charge in [-0.1, -0.05) is 12.1 Å². The molecule has 0 bridgehead atoms. The van der Waals surface area contributed by atoms with Crippen molar-refractivity contribution in [1.29, 1.82) is 0 Å². The summed E-state index contributed by atoms with van der Waals surface area (Å²) in [5, 5.41) is 0. The maximum Gasteiger partial charge on any atom is 0.237 e. The Hall–Kier alpha value is -1.72. The SMILES string of the molecule is CN(C)CCCC1C(=O)c2ccccc2N(CCCN(C)C)C1=O. The van der Waals surface area contributed by atoms with Crippen LogP contribution in [0.5, 0.6) is 0 Å². The molecule has 5 heteroatoms. The lowest BCUT2D eigenvalue weighted by molar-refractivity contribution is -0.121. The lowest BCUT2D eigenvalue weighted by atomic mass is 9.87. The van der Waals surface area contributed by atoms with E-state index in [2.05, 4.69) is 9.80 Å². The predicted octanol–water partition coefficient (Wildman–Crippen LogP) is 2.13. The fourth-order valence-electron chi connectivity index (χ4n) is 3.17. The van der Waals surface area contributed by atoms with Gasteiger partial charge in [-0.3, -0.25) is 9.59 Å². The Morgan fingerprint density at radius 2 is 1.58 bits per heavy atom. The van der Waals surface area contributed by atoms with Crippen molar-refractivity contribution in [2.45, 2.75) is 19.3 Å². The maximum atomic E-state index is 12.9. The number of benzene rings is 1. The highest BCUT2D eigenvalue weighted by Gasteiger charge is 2.38. The van der Waals surface area contributed by atoms with Crippen molar-refractivity contribution in [3.05, 3.63) is 29.8 Å². The standard InChI is InChI=1S/C19H29N3O2/c1-20(2)12-7-10-16-18(23)15-9-5-6-11-17(15)22(19(16)24)14-8-13-21(3)4/h5-6,9,11,16H,7-8,10,12-14H2,1-4H3. The van der Waals surface area contributed by atoms with Crippen LogP contribution in [0.4, 0.5) is 5.69 Å². The lowest BCUT2D eigenvalue weighted by Crippen LogP contribution is -2.45. The van der Waals surface area contributed by atoms with Crippen molar-refractivity contribution in [2.75, 3.05) is 52.7 Å². The summed E-state index contributed by atoms with van der Waals surface area (Å²) in [5.41, 5.74) is 1.46. The van der Waals surface area contributed by atoms with Crippen molar-refractivity contribution in [3.8, 4) is 0 Å². The highest BCUT2D eigenvalue weighted by atomic mass is 16.2. The summed E-state index contributed by atoms with van der Waals surface area (Å²) in [4.78, 5) is 31.7. The molecule has 2 rings (SSSR count). The second-order valence-electron chi connectivity index (χ2n) is 7.03. The molecule has 1 aliphatic rings. The predicted molar refractivity (Wildman–Crippen MR) is 97.6 cm³/mol. The molecule has 0 aromatic heterocycles. The summed E-state index contributed by atoms with van der Waals surface area (Å²) < 4.78 is 0.